The average Bonchev–Trinajstić information content (AvgIpc) is 2.16. The third kappa shape index (κ3) is 2.28. The van der Waals surface area contributed by atoms with E-state index < -0.39 is 22.7 Å². The minimum atomic E-state index is -2.90. The molecule has 15 heavy (non-hydrogen) atoms. The van der Waals surface area contributed by atoms with Crippen LogP contribution in [0.3, 0.4) is 0 Å². The molecular formula is C8H7BrF2N2O2. The van der Waals surface area contributed by atoms with Crippen LogP contribution in [0.15, 0.2) is 6.20 Å². The summed E-state index contributed by atoms with van der Waals surface area (Å²) in [6.45, 7) is 1.58. The van der Waals surface area contributed by atoms with E-state index in [1.807, 2.05) is 0 Å². The molecule has 0 aliphatic rings. The van der Waals surface area contributed by atoms with Gasteiger partial charge in [-0.25, -0.2) is 8.78 Å². The van der Waals surface area contributed by atoms with Crippen LogP contribution in [-0.2, 0) is 5.33 Å². The molecule has 0 N–H and O–H groups in total. The zero-order valence-corrected chi connectivity index (χ0v) is 9.29. The van der Waals surface area contributed by atoms with E-state index in [0.717, 1.165) is 0 Å². The average molecular weight is 281 g/mol. The van der Waals surface area contributed by atoms with Gasteiger partial charge in [-0.2, -0.15) is 0 Å². The Morgan fingerprint density at radius 2 is 2.27 bits per heavy atom. The molecule has 1 heterocycles. The molecule has 0 fully saturated rings. The predicted molar refractivity (Wildman–Crippen MR) is 53.2 cm³/mol. The Bertz CT molecular complexity index is 398. The van der Waals surface area contributed by atoms with Crippen LogP contribution >= 0.6 is 15.9 Å². The van der Waals surface area contributed by atoms with E-state index in [0.29, 0.717) is 5.56 Å². The second-order valence-corrected chi connectivity index (χ2v) is 3.41. The van der Waals surface area contributed by atoms with Crippen LogP contribution in [0, 0.1) is 17.0 Å². The maximum atomic E-state index is 12.7. The SMILES string of the molecule is Cc1cnc([N+](=O)[O-])c(C(F)F)c1CBr. The van der Waals surface area contributed by atoms with E-state index in [9.17, 15) is 18.9 Å². The quantitative estimate of drug-likeness (QED) is 0.486. The second-order valence-electron chi connectivity index (χ2n) is 2.85. The molecule has 0 aliphatic carbocycles. The summed E-state index contributed by atoms with van der Waals surface area (Å²) < 4.78 is 25.3. The Kier molecular flexibility index (Phi) is 3.67. The molecule has 0 spiro atoms. The van der Waals surface area contributed by atoms with E-state index in [-0.39, 0.29) is 10.9 Å². The highest BCUT2D eigenvalue weighted by Crippen LogP contribution is 2.33. The third-order valence-electron chi connectivity index (χ3n) is 1.95. The molecular weight excluding hydrogens is 274 g/mol. The topological polar surface area (TPSA) is 56.0 Å². The van der Waals surface area contributed by atoms with Crippen molar-refractivity contribution in [2.75, 3.05) is 0 Å². The van der Waals surface area contributed by atoms with E-state index in [1.54, 1.807) is 6.92 Å². The molecule has 1 aromatic rings. The van der Waals surface area contributed by atoms with Gasteiger partial charge in [0.25, 0.3) is 6.43 Å². The number of aromatic nitrogens is 1. The van der Waals surface area contributed by atoms with Crippen LogP contribution in [-0.4, -0.2) is 9.91 Å². The summed E-state index contributed by atoms with van der Waals surface area (Å²) >= 11 is 3.03. The third-order valence-corrected chi connectivity index (χ3v) is 2.51. The number of halogens is 3. The lowest BCUT2D eigenvalue weighted by atomic mass is 10.1. The predicted octanol–water partition coefficient (Wildman–Crippen LogP) is 3.13. The maximum Gasteiger partial charge on any atom is 0.372 e. The molecule has 0 radical (unpaired) electrons. The fourth-order valence-corrected chi connectivity index (χ4v) is 1.95. The molecule has 82 valence electrons. The highest BCUT2D eigenvalue weighted by atomic mass is 79.9. The van der Waals surface area contributed by atoms with E-state index in [1.165, 1.54) is 6.20 Å². The van der Waals surface area contributed by atoms with Crippen molar-refractivity contribution in [2.24, 2.45) is 0 Å². The van der Waals surface area contributed by atoms with Gasteiger partial charge in [0.2, 0.25) is 0 Å². The lowest BCUT2D eigenvalue weighted by Crippen LogP contribution is -2.04. The normalized spacial score (nSPS) is 10.7. The lowest BCUT2D eigenvalue weighted by molar-refractivity contribution is -0.391. The molecule has 1 rings (SSSR count). The van der Waals surface area contributed by atoms with Gasteiger partial charge in [0.05, 0.1) is 0 Å². The van der Waals surface area contributed by atoms with Gasteiger partial charge in [0.15, 0.2) is 0 Å². The molecule has 7 heteroatoms. The highest BCUT2D eigenvalue weighted by molar-refractivity contribution is 9.08. The van der Waals surface area contributed by atoms with Gasteiger partial charge in [-0.05, 0) is 28.0 Å². The Hall–Kier alpha value is -1.11. The zero-order chi connectivity index (χ0) is 11.6. The van der Waals surface area contributed by atoms with Crippen molar-refractivity contribution in [1.29, 1.82) is 0 Å². The van der Waals surface area contributed by atoms with E-state index in [2.05, 4.69) is 20.9 Å². The number of alkyl halides is 3. The Balaban J connectivity index is 3.49. The second kappa shape index (κ2) is 4.61. The highest BCUT2D eigenvalue weighted by Gasteiger charge is 2.27. The Morgan fingerprint density at radius 3 is 2.67 bits per heavy atom. The first-order chi connectivity index (χ1) is 6.99. The van der Waals surface area contributed by atoms with Crippen LogP contribution in [0.2, 0.25) is 0 Å². The number of nitro groups is 1. The van der Waals surface area contributed by atoms with Crippen LogP contribution in [0.1, 0.15) is 23.1 Å². The number of nitrogens with zero attached hydrogens (tertiary/aromatic N) is 2. The number of hydrogen-bond acceptors (Lipinski definition) is 3. The first kappa shape index (κ1) is 12.0. The Morgan fingerprint density at radius 1 is 1.67 bits per heavy atom. The zero-order valence-electron chi connectivity index (χ0n) is 7.71. The fourth-order valence-electron chi connectivity index (χ4n) is 1.20. The fraction of sp³-hybridized carbons (Fsp3) is 0.375. The van der Waals surface area contributed by atoms with Gasteiger partial charge in [0, 0.05) is 5.33 Å². The first-order valence-electron chi connectivity index (χ1n) is 3.96. The van der Waals surface area contributed by atoms with Crippen molar-refractivity contribution in [3.05, 3.63) is 33.0 Å². The molecule has 0 amide bonds. The molecule has 0 aliphatic heterocycles. The molecule has 1 aromatic heterocycles. The molecule has 0 unspecified atom stereocenters. The van der Waals surface area contributed by atoms with Gasteiger partial charge < -0.3 is 10.1 Å². The minimum absolute atomic E-state index is 0.141. The van der Waals surface area contributed by atoms with Gasteiger partial charge in [-0.3, -0.25) is 0 Å². The summed E-state index contributed by atoms with van der Waals surface area (Å²) in [5.74, 6) is -0.773. The first-order valence-corrected chi connectivity index (χ1v) is 5.08. The summed E-state index contributed by atoms with van der Waals surface area (Å²) in [6.07, 6.45) is -1.68. The number of rotatable bonds is 3. The number of aryl methyl sites for hydroxylation is 1. The van der Waals surface area contributed by atoms with Crippen LogP contribution in [0.25, 0.3) is 0 Å². The van der Waals surface area contributed by atoms with Crippen LogP contribution in [0.4, 0.5) is 14.6 Å². The van der Waals surface area contributed by atoms with Crippen molar-refractivity contribution in [3.8, 4) is 0 Å². The van der Waals surface area contributed by atoms with Crippen molar-refractivity contribution < 1.29 is 13.7 Å². The molecule has 0 aromatic carbocycles. The molecule has 0 saturated carbocycles. The van der Waals surface area contributed by atoms with Gasteiger partial charge in [-0.15, -0.1) is 0 Å². The van der Waals surface area contributed by atoms with Crippen molar-refractivity contribution in [2.45, 2.75) is 18.7 Å². The lowest BCUT2D eigenvalue weighted by Gasteiger charge is -2.08. The standard InChI is InChI=1S/C8H7BrF2N2O2/c1-4-3-12-8(13(14)15)6(7(10)11)5(4)2-9/h3,7H,2H2,1H3. The van der Waals surface area contributed by atoms with Crippen molar-refractivity contribution in [3.63, 3.8) is 0 Å². The summed E-state index contributed by atoms with van der Waals surface area (Å²) in [6, 6.07) is 0. The van der Waals surface area contributed by atoms with Crippen molar-refractivity contribution >= 4 is 21.7 Å². The maximum absolute atomic E-state index is 12.7. The minimum Gasteiger partial charge on any atom is -0.358 e. The number of pyridine rings is 1. The summed E-state index contributed by atoms with van der Waals surface area (Å²) in [5.41, 5.74) is 0.136. The molecule has 0 bridgehead atoms. The van der Waals surface area contributed by atoms with Crippen molar-refractivity contribution in [1.82, 2.24) is 4.98 Å². The summed E-state index contributed by atoms with van der Waals surface area (Å²) in [7, 11) is 0. The smallest absolute Gasteiger partial charge is 0.358 e. The number of hydrogen-bond donors (Lipinski definition) is 0. The van der Waals surface area contributed by atoms with Crippen LogP contribution < -0.4 is 0 Å². The molecule has 0 atom stereocenters. The summed E-state index contributed by atoms with van der Waals surface area (Å²) in [5, 5.41) is 10.6. The van der Waals surface area contributed by atoms with Gasteiger partial charge in [-0.1, -0.05) is 15.9 Å². The van der Waals surface area contributed by atoms with Gasteiger partial charge in [0.1, 0.15) is 11.8 Å². The largest absolute Gasteiger partial charge is 0.372 e. The Labute approximate surface area is 92.6 Å². The molecule has 4 nitrogen and oxygen atoms in total. The van der Waals surface area contributed by atoms with E-state index in [4.69, 9.17) is 0 Å². The molecule has 0 saturated heterocycles. The summed E-state index contributed by atoms with van der Waals surface area (Å²) in [4.78, 5) is 13.0. The van der Waals surface area contributed by atoms with Crippen LogP contribution in [0.5, 0.6) is 0 Å². The monoisotopic (exact) mass is 280 g/mol. The van der Waals surface area contributed by atoms with Gasteiger partial charge >= 0.3 is 5.82 Å². The van der Waals surface area contributed by atoms with E-state index >= 15 is 0 Å².